The summed E-state index contributed by atoms with van der Waals surface area (Å²) < 4.78 is 17.2. The van der Waals surface area contributed by atoms with E-state index in [0.29, 0.717) is 36.9 Å². The summed E-state index contributed by atoms with van der Waals surface area (Å²) in [6.07, 6.45) is 11.3. The molecular formula is C31H47N3O4. The Morgan fingerprint density at radius 3 is 2.21 bits per heavy atom. The van der Waals surface area contributed by atoms with Crippen LogP contribution < -0.4 is 9.47 Å². The molecule has 0 N–H and O–H groups in total. The van der Waals surface area contributed by atoms with Crippen molar-refractivity contribution in [2.45, 2.75) is 40.0 Å². The Labute approximate surface area is 230 Å². The number of amides is 1. The number of hydrogen-bond donors (Lipinski definition) is 0. The highest BCUT2D eigenvalue weighted by Crippen LogP contribution is 2.39. The number of carbonyl (C=O) groups excluding carboxylic acids is 1. The van der Waals surface area contributed by atoms with Crippen LogP contribution in [0, 0.1) is 0 Å². The van der Waals surface area contributed by atoms with E-state index in [1.807, 2.05) is 23.1 Å². The van der Waals surface area contributed by atoms with Gasteiger partial charge in [0.05, 0.1) is 19.8 Å². The van der Waals surface area contributed by atoms with Gasteiger partial charge in [-0.15, -0.1) is 6.58 Å². The van der Waals surface area contributed by atoms with Crippen LogP contribution >= 0.6 is 0 Å². The Morgan fingerprint density at radius 2 is 1.66 bits per heavy atom. The average molecular weight is 526 g/mol. The number of nitrogens with zero attached hydrogens (tertiary/aromatic N) is 3. The van der Waals surface area contributed by atoms with Crippen LogP contribution in [0.15, 0.2) is 54.3 Å². The monoisotopic (exact) mass is 525 g/mol. The summed E-state index contributed by atoms with van der Waals surface area (Å²) in [6.45, 7) is 14.5. The van der Waals surface area contributed by atoms with Gasteiger partial charge in [0.25, 0.3) is 5.91 Å². The lowest BCUT2D eigenvalue weighted by molar-refractivity contribution is 0.0660. The molecule has 0 unspecified atom stereocenters. The molecule has 0 radical (unpaired) electrons. The number of ether oxygens (including phenoxy) is 3. The lowest BCUT2D eigenvalue weighted by Crippen LogP contribution is -2.47. The van der Waals surface area contributed by atoms with E-state index < -0.39 is 0 Å². The van der Waals surface area contributed by atoms with Gasteiger partial charge in [-0.05, 0) is 51.4 Å². The topological polar surface area (TPSA) is 54.5 Å². The zero-order valence-corrected chi connectivity index (χ0v) is 24.5. The molecule has 210 valence electrons. The van der Waals surface area contributed by atoms with Gasteiger partial charge in [0.2, 0.25) is 0 Å². The Hall–Kier alpha value is -3.03. The Kier molecular flexibility index (Phi) is 13.2. The lowest BCUT2D eigenvalue weighted by Gasteiger charge is -2.33. The van der Waals surface area contributed by atoms with Crippen molar-refractivity contribution in [3.05, 3.63) is 65.4 Å². The molecule has 7 nitrogen and oxygen atoms in total. The quantitative estimate of drug-likeness (QED) is 0.179. The molecule has 0 aliphatic carbocycles. The normalized spacial score (nSPS) is 14.5. The molecule has 38 heavy (non-hydrogen) atoms. The first kappa shape index (κ1) is 31.2. The molecule has 0 aromatic heterocycles. The van der Waals surface area contributed by atoms with Gasteiger partial charge in [0.15, 0.2) is 0 Å². The van der Waals surface area contributed by atoms with Crippen molar-refractivity contribution in [3.63, 3.8) is 0 Å². The van der Waals surface area contributed by atoms with E-state index in [2.05, 4.69) is 62.5 Å². The van der Waals surface area contributed by atoms with Gasteiger partial charge in [-0.3, -0.25) is 4.79 Å². The van der Waals surface area contributed by atoms with Crippen molar-refractivity contribution in [3.8, 4) is 11.5 Å². The summed E-state index contributed by atoms with van der Waals surface area (Å²) in [7, 11) is 7.03. The number of rotatable bonds is 14. The standard InChI is InChI=1S/C31H47N3O4/c1-9-11-13-14-25(24(3)4)28(22-33(23-36-6)15-12-10-2)26-20-30(38-8)27(21-29(26)37-7)31(35)34-18-16-32(5)17-19-34/h10,13-14,20-22H,2,9,11-12,15-19,23H2,1,3-8H3/b14-13-,28-22+. The number of methoxy groups -OCH3 is 3. The molecule has 1 aliphatic heterocycles. The van der Waals surface area contributed by atoms with E-state index in [4.69, 9.17) is 14.2 Å². The fraction of sp³-hybridized carbons (Fsp3) is 0.516. The SMILES string of the molecule is C=CCCN(/C=C(\C(/C=C\CCC)=C(C)C)c1cc(OC)c(C(=O)N2CCN(C)CC2)cc1OC)COC. The highest BCUT2D eigenvalue weighted by Gasteiger charge is 2.26. The summed E-state index contributed by atoms with van der Waals surface area (Å²) in [6, 6.07) is 3.76. The molecule has 0 spiro atoms. The molecule has 2 rings (SSSR count). The number of piperazine rings is 1. The van der Waals surface area contributed by atoms with E-state index in [1.54, 1.807) is 21.3 Å². The van der Waals surface area contributed by atoms with Crippen LogP contribution in [-0.2, 0) is 4.74 Å². The molecule has 0 bridgehead atoms. The number of carbonyl (C=O) groups is 1. The zero-order valence-electron chi connectivity index (χ0n) is 24.5. The van der Waals surface area contributed by atoms with Crippen molar-refractivity contribution in [2.24, 2.45) is 0 Å². The van der Waals surface area contributed by atoms with Gasteiger partial charge in [0.1, 0.15) is 18.2 Å². The van der Waals surface area contributed by atoms with Crippen LogP contribution in [-0.4, -0.2) is 88.4 Å². The maximum atomic E-state index is 13.5. The number of benzene rings is 1. The van der Waals surface area contributed by atoms with Crippen LogP contribution in [0.1, 0.15) is 56.0 Å². The van der Waals surface area contributed by atoms with Crippen LogP contribution in [0.3, 0.4) is 0 Å². The number of hydrogen-bond acceptors (Lipinski definition) is 6. The molecule has 0 saturated carbocycles. The second-order valence-corrected chi connectivity index (χ2v) is 9.80. The molecule has 1 saturated heterocycles. The molecule has 1 heterocycles. The van der Waals surface area contributed by atoms with Gasteiger partial charge in [-0.2, -0.15) is 0 Å². The van der Waals surface area contributed by atoms with Crippen molar-refractivity contribution >= 4 is 11.5 Å². The number of likely N-dealkylation sites (N-methyl/N-ethyl adjacent to an activating group) is 1. The third-order valence-electron chi connectivity index (χ3n) is 6.63. The average Bonchev–Trinajstić information content (AvgIpc) is 2.92. The maximum absolute atomic E-state index is 13.5. The van der Waals surface area contributed by atoms with Crippen molar-refractivity contribution in [1.29, 1.82) is 0 Å². The third-order valence-corrected chi connectivity index (χ3v) is 6.63. The van der Waals surface area contributed by atoms with Gasteiger partial charge in [0, 0.05) is 57.2 Å². The predicted molar refractivity (Wildman–Crippen MR) is 157 cm³/mol. The van der Waals surface area contributed by atoms with Crippen LogP contribution in [0.25, 0.3) is 5.57 Å². The minimum atomic E-state index is -0.0393. The number of allylic oxidation sites excluding steroid dienone is 5. The van der Waals surface area contributed by atoms with E-state index in [0.717, 1.165) is 55.6 Å². The van der Waals surface area contributed by atoms with E-state index in [1.165, 1.54) is 5.57 Å². The second-order valence-electron chi connectivity index (χ2n) is 9.80. The van der Waals surface area contributed by atoms with Gasteiger partial charge in [-0.25, -0.2) is 0 Å². The first-order valence-electron chi connectivity index (χ1n) is 13.4. The number of unbranched alkanes of at least 4 members (excludes halogenated alkanes) is 1. The van der Waals surface area contributed by atoms with Crippen molar-refractivity contribution in [1.82, 2.24) is 14.7 Å². The lowest BCUT2D eigenvalue weighted by atomic mass is 9.92. The van der Waals surface area contributed by atoms with Crippen LogP contribution in [0.4, 0.5) is 0 Å². The molecule has 1 aromatic carbocycles. The minimum absolute atomic E-state index is 0.0393. The Morgan fingerprint density at radius 1 is 1.03 bits per heavy atom. The maximum Gasteiger partial charge on any atom is 0.257 e. The fourth-order valence-corrected chi connectivity index (χ4v) is 4.40. The van der Waals surface area contributed by atoms with Crippen LogP contribution in [0.5, 0.6) is 11.5 Å². The molecule has 1 amide bonds. The summed E-state index contributed by atoms with van der Waals surface area (Å²) in [5, 5.41) is 0. The third kappa shape index (κ3) is 8.50. The molecule has 1 fully saturated rings. The minimum Gasteiger partial charge on any atom is -0.496 e. The fourth-order valence-electron chi connectivity index (χ4n) is 4.40. The second kappa shape index (κ2) is 16.0. The summed E-state index contributed by atoms with van der Waals surface area (Å²) >= 11 is 0. The van der Waals surface area contributed by atoms with Gasteiger partial charge >= 0.3 is 0 Å². The molecule has 1 aliphatic rings. The van der Waals surface area contributed by atoms with Crippen molar-refractivity contribution in [2.75, 3.05) is 67.8 Å². The zero-order chi connectivity index (χ0) is 28.1. The van der Waals surface area contributed by atoms with E-state index in [-0.39, 0.29) is 5.91 Å². The smallest absolute Gasteiger partial charge is 0.257 e. The first-order chi connectivity index (χ1) is 18.3. The molecule has 7 heteroatoms. The Bertz CT molecular complexity index is 1020. The summed E-state index contributed by atoms with van der Waals surface area (Å²) in [5.41, 5.74) is 4.61. The highest BCUT2D eigenvalue weighted by atomic mass is 16.5. The molecule has 0 atom stereocenters. The van der Waals surface area contributed by atoms with Crippen LogP contribution in [0.2, 0.25) is 0 Å². The van der Waals surface area contributed by atoms with E-state index in [9.17, 15) is 4.79 Å². The molecule has 1 aromatic rings. The largest absolute Gasteiger partial charge is 0.496 e. The summed E-state index contributed by atoms with van der Waals surface area (Å²) in [5.74, 6) is 1.12. The van der Waals surface area contributed by atoms with Gasteiger partial charge in [-0.1, -0.05) is 37.1 Å². The Balaban J connectivity index is 2.71. The van der Waals surface area contributed by atoms with E-state index >= 15 is 0 Å². The highest BCUT2D eigenvalue weighted by molar-refractivity contribution is 5.99. The predicted octanol–water partition coefficient (Wildman–Crippen LogP) is 5.61. The van der Waals surface area contributed by atoms with Gasteiger partial charge < -0.3 is 28.9 Å². The molecular weight excluding hydrogens is 478 g/mol. The first-order valence-corrected chi connectivity index (χ1v) is 13.4. The summed E-state index contributed by atoms with van der Waals surface area (Å²) in [4.78, 5) is 19.8. The van der Waals surface area contributed by atoms with Crippen molar-refractivity contribution < 1.29 is 19.0 Å².